The molecule has 6 nitrogen and oxygen atoms in total. The van der Waals surface area contributed by atoms with Crippen LogP contribution in [0.25, 0.3) is 0 Å². The van der Waals surface area contributed by atoms with E-state index < -0.39 is 0 Å². The Morgan fingerprint density at radius 2 is 1.80 bits per heavy atom. The van der Waals surface area contributed by atoms with Crippen molar-refractivity contribution in [2.24, 2.45) is 0 Å². The lowest BCUT2D eigenvalue weighted by atomic mass is 10.0. The van der Waals surface area contributed by atoms with E-state index in [1.807, 2.05) is 47.4 Å². The molecule has 30 heavy (non-hydrogen) atoms. The van der Waals surface area contributed by atoms with Crippen LogP contribution < -0.4 is 9.47 Å². The van der Waals surface area contributed by atoms with Gasteiger partial charge in [-0.1, -0.05) is 30.3 Å². The molecule has 0 aliphatic carbocycles. The van der Waals surface area contributed by atoms with Crippen molar-refractivity contribution in [2.45, 2.75) is 31.7 Å². The van der Waals surface area contributed by atoms with E-state index >= 15 is 0 Å². The minimum absolute atomic E-state index is 0.0540. The standard InChI is InChI=1S/C24H26N2O4/c1-28-21-12-5-3-9-17(21)15-18-16-25-23(30-18)20-11-7-8-14-26(20)24(27)19-10-4-6-13-22(19)29-2/h3-6,9-10,12-13,16,20H,7-8,11,14-15H2,1-2H3. The molecule has 6 heteroatoms. The van der Waals surface area contributed by atoms with E-state index in [4.69, 9.17) is 13.9 Å². The number of hydrogen-bond acceptors (Lipinski definition) is 5. The van der Waals surface area contributed by atoms with E-state index in [2.05, 4.69) is 4.98 Å². The predicted molar refractivity (Wildman–Crippen MR) is 113 cm³/mol. The number of likely N-dealkylation sites (tertiary alicyclic amines) is 1. The number of para-hydroxylation sites is 2. The highest BCUT2D eigenvalue weighted by Crippen LogP contribution is 2.34. The first kappa shape index (κ1) is 20.0. The summed E-state index contributed by atoms with van der Waals surface area (Å²) in [7, 11) is 3.24. The molecule has 1 fully saturated rings. The molecule has 1 saturated heterocycles. The predicted octanol–water partition coefficient (Wildman–Crippen LogP) is 4.65. The molecule has 0 spiro atoms. The van der Waals surface area contributed by atoms with Gasteiger partial charge in [0, 0.05) is 18.5 Å². The van der Waals surface area contributed by atoms with Crippen molar-refractivity contribution in [2.75, 3.05) is 20.8 Å². The Labute approximate surface area is 176 Å². The molecular formula is C24H26N2O4. The number of rotatable bonds is 6. The monoisotopic (exact) mass is 406 g/mol. The molecule has 1 aromatic heterocycles. The first-order valence-electron chi connectivity index (χ1n) is 10.2. The molecule has 156 valence electrons. The average molecular weight is 406 g/mol. The maximum Gasteiger partial charge on any atom is 0.258 e. The van der Waals surface area contributed by atoms with Crippen LogP contribution in [0.3, 0.4) is 0 Å². The lowest BCUT2D eigenvalue weighted by Gasteiger charge is -2.34. The summed E-state index contributed by atoms with van der Waals surface area (Å²) in [5, 5.41) is 0. The van der Waals surface area contributed by atoms with Gasteiger partial charge in [0.1, 0.15) is 23.3 Å². The largest absolute Gasteiger partial charge is 0.496 e. The topological polar surface area (TPSA) is 64.8 Å². The summed E-state index contributed by atoms with van der Waals surface area (Å²) in [5.74, 6) is 2.69. The smallest absolute Gasteiger partial charge is 0.258 e. The molecule has 1 atom stereocenters. The maximum absolute atomic E-state index is 13.3. The molecule has 4 rings (SSSR count). The van der Waals surface area contributed by atoms with Crippen LogP contribution in [-0.4, -0.2) is 36.6 Å². The summed E-state index contributed by atoms with van der Waals surface area (Å²) in [6.45, 7) is 0.672. The number of hydrogen-bond donors (Lipinski definition) is 0. The molecule has 0 saturated carbocycles. The maximum atomic E-state index is 13.3. The summed E-state index contributed by atoms with van der Waals surface area (Å²) in [5.41, 5.74) is 1.60. The zero-order chi connectivity index (χ0) is 20.9. The molecule has 0 radical (unpaired) electrons. The first-order chi connectivity index (χ1) is 14.7. The molecule has 0 bridgehead atoms. The number of nitrogens with zero attached hydrogens (tertiary/aromatic N) is 2. The number of amides is 1. The van der Waals surface area contributed by atoms with Crippen molar-refractivity contribution in [3.8, 4) is 11.5 Å². The molecule has 1 aliphatic heterocycles. The quantitative estimate of drug-likeness (QED) is 0.596. The highest BCUT2D eigenvalue weighted by Gasteiger charge is 2.33. The van der Waals surface area contributed by atoms with Crippen molar-refractivity contribution in [1.29, 1.82) is 0 Å². The van der Waals surface area contributed by atoms with Crippen molar-refractivity contribution < 1.29 is 18.7 Å². The summed E-state index contributed by atoms with van der Waals surface area (Å²) < 4.78 is 16.9. The fraction of sp³-hybridized carbons (Fsp3) is 0.333. The van der Waals surface area contributed by atoms with Crippen LogP contribution in [0.1, 0.15) is 52.9 Å². The van der Waals surface area contributed by atoms with Gasteiger partial charge < -0.3 is 18.8 Å². The Kier molecular flexibility index (Phi) is 6.02. The van der Waals surface area contributed by atoms with E-state index in [1.54, 1.807) is 26.5 Å². The van der Waals surface area contributed by atoms with Crippen LogP contribution in [0.2, 0.25) is 0 Å². The highest BCUT2D eigenvalue weighted by atomic mass is 16.5. The van der Waals surface area contributed by atoms with Gasteiger partial charge in [-0.05, 0) is 37.5 Å². The van der Waals surface area contributed by atoms with Gasteiger partial charge in [0.25, 0.3) is 5.91 Å². The number of aromatic nitrogens is 1. The van der Waals surface area contributed by atoms with Gasteiger partial charge in [-0.3, -0.25) is 4.79 Å². The molecule has 1 amide bonds. The minimum atomic E-state index is -0.178. The lowest BCUT2D eigenvalue weighted by molar-refractivity contribution is 0.0566. The lowest BCUT2D eigenvalue weighted by Crippen LogP contribution is -2.38. The van der Waals surface area contributed by atoms with Crippen LogP contribution in [0.4, 0.5) is 0 Å². The van der Waals surface area contributed by atoms with Gasteiger partial charge in [-0.2, -0.15) is 0 Å². The highest BCUT2D eigenvalue weighted by molar-refractivity contribution is 5.97. The number of piperidine rings is 1. The number of benzene rings is 2. The summed E-state index contributed by atoms with van der Waals surface area (Å²) in [6, 6.07) is 15.0. The first-order valence-corrected chi connectivity index (χ1v) is 10.2. The normalized spacial score (nSPS) is 16.3. The molecule has 0 N–H and O–H groups in total. The fourth-order valence-corrected chi connectivity index (χ4v) is 4.00. The van der Waals surface area contributed by atoms with Crippen LogP contribution in [-0.2, 0) is 6.42 Å². The fourth-order valence-electron chi connectivity index (χ4n) is 4.00. The molecule has 1 aliphatic rings. The molecule has 1 unspecified atom stereocenters. The molecular weight excluding hydrogens is 380 g/mol. The number of carbonyl (C=O) groups is 1. The number of carbonyl (C=O) groups excluding carboxylic acids is 1. The van der Waals surface area contributed by atoms with Crippen molar-refractivity contribution in [3.05, 3.63) is 77.5 Å². The number of oxazole rings is 1. The summed E-state index contributed by atoms with van der Waals surface area (Å²) >= 11 is 0. The third-order valence-electron chi connectivity index (χ3n) is 5.51. The Bertz CT molecular complexity index is 1010. The van der Waals surface area contributed by atoms with E-state index in [0.29, 0.717) is 30.2 Å². The molecule has 3 aromatic rings. The molecule has 2 heterocycles. The van der Waals surface area contributed by atoms with E-state index in [9.17, 15) is 4.79 Å². The van der Waals surface area contributed by atoms with Gasteiger partial charge in [-0.25, -0.2) is 4.98 Å². The summed E-state index contributed by atoms with van der Waals surface area (Å²) in [6.07, 6.45) is 5.17. The Morgan fingerprint density at radius 1 is 1.07 bits per heavy atom. The van der Waals surface area contributed by atoms with Gasteiger partial charge >= 0.3 is 0 Å². The van der Waals surface area contributed by atoms with Gasteiger partial charge in [0.05, 0.1) is 26.0 Å². The van der Waals surface area contributed by atoms with Crippen molar-refractivity contribution in [1.82, 2.24) is 9.88 Å². The van der Waals surface area contributed by atoms with Crippen molar-refractivity contribution >= 4 is 5.91 Å². The van der Waals surface area contributed by atoms with Crippen LogP contribution in [0, 0.1) is 0 Å². The van der Waals surface area contributed by atoms with Crippen LogP contribution in [0.15, 0.2) is 59.1 Å². The van der Waals surface area contributed by atoms with Gasteiger partial charge in [0.15, 0.2) is 0 Å². The van der Waals surface area contributed by atoms with E-state index in [-0.39, 0.29) is 11.9 Å². The second-order valence-corrected chi connectivity index (χ2v) is 7.36. The van der Waals surface area contributed by atoms with Gasteiger partial charge in [0.2, 0.25) is 5.89 Å². The second kappa shape index (κ2) is 9.03. The number of methoxy groups -OCH3 is 2. The van der Waals surface area contributed by atoms with Gasteiger partial charge in [-0.15, -0.1) is 0 Å². The zero-order valence-electron chi connectivity index (χ0n) is 17.3. The molecule has 2 aromatic carbocycles. The Balaban J connectivity index is 1.57. The number of ether oxygens (including phenoxy) is 2. The second-order valence-electron chi connectivity index (χ2n) is 7.36. The zero-order valence-corrected chi connectivity index (χ0v) is 17.3. The van der Waals surface area contributed by atoms with Crippen LogP contribution in [0.5, 0.6) is 11.5 Å². The third kappa shape index (κ3) is 4.03. The minimum Gasteiger partial charge on any atom is -0.496 e. The van der Waals surface area contributed by atoms with E-state index in [1.165, 1.54) is 0 Å². The van der Waals surface area contributed by atoms with Crippen LogP contribution >= 0.6 is 0 Å². The Hall–Kier alpha value is -3.28. The van der Waals surface area contributed by atoms with Crippen molar-refractivity contribution in [3.63, 3.8) is 0 Å². The SMILES string of the molecule is COc1ccccc1Cc1cnc(C2CCCCN2C(=O)c2ccccc2OC)o1. The average Bonchev–Trinajstić information content (AvgIpc) is 3.27. The summed E-state index contributed by atoms with van der Waals surface area (Å²) in [4.78, 5) is 19.7. The third-order valence-corrected chi connectivity index (χ3v) is 5.51. The van der Waals surface area contributed by atoms with E-state index in [0.717, 1.165) is 36.3 Å². The Morgan fingerprint density at radius 3 is 2.60 bits per heavy atom.